The first-order valence-electron chi connectivity index (χ1n) is 16.9. The van der Waals surface area contributed by atoms with Gasteiger partial charge in [0.15, 0.2) is 22.6 Å². The third kappa shape index (κ3) is 10.5. The number of nitrogens with zero attached hydrogens (tertiary/aromatic N) is 4. The van der Waals surface area contributed by atoms with Crippen molar-refractivity contribution >= 4 is 51.8 Å². The van der Waals surface area contributed by atoms with Crippen LogP contribution in [0.15, 0.2) is 195 Å². The number of hydrogen-bond acceptors (Lipinski definition) is 8. The van der Waals surface area contributed by atoms with Gasteiger partial charge < -0.3 is 21.7 Å². The minimum Gasteiger partial charge on any atom is -0.398 e. The van der Waals surface area contributed by atoms with Crippen molar-refractivity contribution in [2.45, 2.75) is 0 Å². The van der Waals surface area contributed by atoms with E-state index in [4.69, 9.17) is 17.3 Å². The van der Waals surface area contributed by atoms with E-state index in [-0.39, 0.29) is 0 Å². The molecule has 0 aliphatic rings. The van der Waals surface area contributed by atoms with E-state index in [1.807, 2.05) is 140 Å². The molecule has 9 heteroatoms. The predicted molar refractivity (Wildman–Crippen MR) is 220 cm³/mol. The fraction of sp³-hybridized carbons (Fsp3) is 0. The zero-order valence-electron chi connectivity index (χ0n) is 28.7. The molecule has 2 aromatic heterocycles. The number of para-hydroxylation sites is 4. The zero-order chi connectivity index (χ0) is 36.5. The Morgan fingerprint density at radius 3 is 1.32 bits per heavy atom. The molecule has 8 nitrogen and oxygen atoms in total. The van der Waals surface area contributed by atoms with Gasteiger partial charge in [-0.2, -0.15) is 0 Å². The van der Waals surface area contributed by atoms with Crippen molar-refractivity contribution in [3.63, 3.8) is 0 Å². The number of nitrogen functional groups attached to an aromatic ring is 1. The number of rotatable bonds is 8. The van der Waals surface area contributed by atoms with Gasteiger partial charge in [0.2, 0.25) is 0 Å². The quantitative estimate of drug-likeness (QED) is 0.115. The summed E-state index contributed by atoms with van der Waals surface area (Å²) in [5, 5.41) is 10.2. The van der Waals surface area contributed by atoms with E-state index in [2.05, 4.69) is 66.2 Å². The third-order valence-corrected chi connectivity index (χ3v) is 8.01. The van der Waals surface area contributed by atoms with Gasteiger partial charge in [-0.1, -0.05) is 145 Å². The first kappa shape index (κ1) is 35.8. The molecule has 0 amide bonds. The van der Waals surface area contributed by atoms with E-state index >= 15 is 0 Å². The van der Waals surface area contributed by atoms with Gasteiger partial charge in [0.1, 0.15) is 0 Å². The molecule has 0 saturated carbocycles. The minimum absolute atomic E-state index is 0.372. The van der Waals surface area contributed by atoms with Crippen molar-refractivity contribution in [2.75, 3.05) is 21.7 Å². The predicted octanol–water partition coefficient (Wildman–Crippen LogP) is 11.4. The number of nitrogens with two attached hydrogens (primary N) is 1. The Hall–Kier alpha value is -7.03. The Balaban J connectivity index is 0.000000150. The van der Waals surface area contributed by atoms with Crippen LogP contribution in [0.5, 0.6) is 0 Å². The SMILES string of the molecule is Clc1nccnc1Nc1ccccc1.Nc1ccccc1-c1ccccc1.c1ccc(Nc2nccnc2Nc2ccccc2-c2ccccc2)cc1. The minimum atomic E-state index is 0.372. The largest absolute Gasteiger partial charge is 0.398 e. The molecular weight excluding hydrogens is 676 g/mol. The average Bonchev–Trinajstić information content (AvgIpc) is 3.22. The van der Waals surface area contributed by atoms with Crippen molar-refractivity contribution in [3.05, 3.63) is 200 Å². The molecule has 53 heavy (non-hydrogen) atoms. The standard InChI is InChI=1S/C22H18N4.C12H11N.C10H8ClN3/c1-3-9-17(10-4-1)19-13-7-8-14-20(19)26-22-21(23-15-16-24-22)25-18-11-5-2-6-12-18;13-12-9-5-4-8-11(12)10-6-2-1-3-7-10;11-9-10(13-7-6-12-9)14-8-4-2-1-3-5-8/h1-16H,(H,23,25)(H,24,26);1-9H,13H2;1-7H,(H,13,14). The number of aromatic nitrogens is 4. The van der Waals surface area contributed by atoms with Gasteiger partial charge >= 0.3 is 0 Å². The molecule has 0 atom stereocenters. The van der Waals surface area contributed by atoms with Crippen LogP contribution in [-0.2, 0) is 0 Å². The lowest BCUT2D eigenvalue weighted by atomic mass is 10.0. The van der Waals surface area contributed by atoms with Crippen molar-refractivity contribution in [1.82, 2.24) is 19.9 Å². The molecule has 5 N–H and O–H groups in total. The summed E-state index contributed by atoms with van der Waals surface area (Å²) in [6.07, 6.45) is 6.51. The lowest BCUT2D eigenvalue weighted by Gasteiger charge is -2.14. The number of benzene rings is 6. The van der Waals surface area contributed by atoms with Crippen molar-refractivity contribution in [2.24, 2.45) is 0 Å². The van der Waals surface area contributed by atoms with Gasteiger partial charge in [-0.3, -0.25) is 0 Å². The van der Waals surface area contributed by atoms with Gasteiger partial charge in [-0.15, -0.1) is 0 Å². The summed E-state index contributed by atoms with van der Waals surface area (Å²) in [5.41, 5.74) is 14.1. The second kappa shape index (κ2) is 18.8. The van der Waals surface area contributed by atoms with Crippen molar-refractivity contribution in [3.8, 4) is 22.3 Å². The fourth-order valence-electron chi connectivity index (χ4n) is 5.21. The maximum absolute atomic E-state index is 5.85. The van der Waals surface area contributed by atoms with Crippen LogP contribution < -0.4 is 21.7 Å². The van der Waals surface area contributed by atoms with Gasteiger partial charge in [0.05, 0.1) is 0 Å². The Morgan fingerprint density at radius 2 is 0.774 bits per heavy atom. The maximum Gasteiger partial charge on any atom is 0.173 e. The summed E-state index contributed by atoms with van der Waals surface area (Å²) >= 11 is 5.84. The van der Waals surface area contributed by atoms with Crippen LogP contribution in [0.25, 0.3) is 22.3 Å². The molecule has 0 aliphatic heterocycles. The van der Waals surface area contributed by atoms with Crippen LogP contribution in [0.3, 0.4) is 0 Å². The highest BCUT2D eigenvalue weighted by Gasteiger charge is 2.10. The molecule has 8 aromatic rings. The summed E-state index contributed by atoms with van der Waals surface area (Å²) in [6.45, 7) is 0. The number of halogens is 1. The highest BCUT2D eigenvalue weighted by atomic mass is 35.5. The van der Waals surface area contributed by atoms with Crippen LogP contribution in [0.4, 0.5) is 40.2 Å². The molecule has 0 spiro atoms. The van der Waals surface area contributed by atoms with Gasteiger partial charge in [-0.05, 0) is 47.5 Å². The molecule has 2 heterocycles. The lowest BCUT2D eigenvalue weighted by molar-refractivity contribution is 1.19. The van der Waals surface area contributed by atoms with Gasteiger partial charge in [-0.25, -0.2) is 19.9 Å². The first-order valence-corrected chi connectivity index (χ1v) is 17.2. The van der Waals surface area contributed by atoms with Crippen LogP contribution >= 0.6 is 11.6 Å². The summed E-state index contributed by atoms with van der Waals surface area (Å²) in [6, 6.07) is 56.2. The lowest BCUT2D eigenvalue weighted by Crippen LogP contribution is -2.02. The Morgan fingerprint density at radius 1 is 0.377 bits per heavy atom. The Labute approximate surface area is 314 Å². The number of hydrogen-bond donors (Lipinski definition) is 4. The van der Waals surface area contributed by atoms with Crippen molar-refractivity contribution < 1.29 is 0 Å². The molecular formula is C44H37ClN8. The maximum atomic E-state index is 5.85. The van der Waals surface area contributed by atoms with E-state index in [0.717, 1.165) is 39.4 Å². The molecule has 260 valence electrons. The zero-order valence-corrected chi connectivity index (χ0v) is 29.5. The van der Waals surface area contributed by atoms with Gasteiger partial charge in [0, 0.05) is 58.7 Å². The fourth-order valence-corrected chi connectivity index (χ4v) is 5.36. The smallest absolute Gasteiger partial charge is 0.173 e. The summed E-state index contributed by atoms with van der Waals surface area (Å²) < 4.78 is 0. The second-order valence-corrected chi connectivity index (χ2v) is 11.8. The summed E-state index contributed by atoms with van der Waals surface area (Å²) in [7, 11) is 0. The molecule has 0 radical (unpaired) electrons. The third-order valence-electron chi connectivity index (χ3n) is 7.74. The molecule has 0 fully saturated rings. The highest BCUT2D eigenvalue weighted by molar-refractivity contribution is 6.31. The van der Waals surface area contributed by atoms with E-state index in [1.165, 1.54) is 5.56 Å². The van der Waals surface area contributed by atoms with E-state index in [0.29, 0.717) is 22.6 Å². The van der Waals surface area contributed by atoms with Crippen LogP contribution in [0.2, 0.25) is 5.15 Å². The number of anilines is 7. The Bertz CT molecular complexity index is 2290. The first-order chi connectivity index (χ1) is 26.1. The number of nitrogens with one attached hydrogen (secondary N) is 3. The average molecular weight is 713 g/mol. The van der Waals surface area contributed by atoms with Gasteiger partial charge in [0.25, 0.3) is 0 Å². The molecule has 6 aromatic carbocycles. The molecule has 0 unspecified atom stereocenters. The molecule has 8 rings (SSSR count). The summed E-state index contributed by atoms with van der Waals surface area (Å²) in [5.74, 6) is 1.93. The van der Waals surface area contributed by atoms with Crippen molar-refractivity contribution in [1.29, 1.82) is 0 Å². The normalized spacial score (nSPS) is 10.1. The van der Waals surface area contributed by atoms with Crippen LogP contribution in [-0.4, -0.2) is 19.9 Å². The van der Waals surface area contributed by atoms with E-state index in [9.17, 15) is 0 Å². The van der Waals surface area contributed by atoms with E-state index in [1.54, 1.807) is 24.8 Å². The summed E-state index contributed by atoms with van der Waals surface area (Å²) in [4.78, 5) is 16.9. The molecule has 0 aliphatic carbocycles. The van der Waals surface area contributed by atoms with Crippen LogP contribution in [0.1, 0.15) is 0 Å². The molecule has 0 saturated heterocycles. The topological polar surface area (TPSA) is 114 Å². The second-order valence-electron chi connectivity index (χ2n) is 11.4. The highest BCUT2D eigenvalue weighted by Crippen LogP contribution is 2.32. The van der Waals surface area contributed by atoms with Crippen LogP contribution in [0, 0.1) is 0 Å². The van der Waals surface area contributed by atoms with E-state index < -0.39 is 0 Å². The monoisotopic (exact) mass is 712 g/mol. The molecule has 0 bridgehead atoms. The Kier molecular flexibility index (Phi) is 12.7.